The molecular weight excluding hydrogens is 805 g/mol. The molecule has 2 saturated heterocycles. The van der Waals surface area contributed by atoms with E-state index in [-0.39, 0.29) is 37.5 Å². The first-order chi connectivity index (χ1) is 29.0. The molecule has 1 unspecified atom stereocenters. The highest BCUT2D eigenvalue weighted by atomic mass is 32.2. The highest BCUT2D eigenvalue weighted by molar-refractivity contribution is 7.91. The fourth-order valence-electron chi connectivity index (χ4n) is 8.89. The van der Waals surface area contributed by atoms with E-state index >= 15 is 0 Å². The Labute approximate surface area is 357 Å². The van der Waals surface area contributed by atoms with Gasteiger partial charge in [-0.25, -0.2) is 18.2 Å². The summed E-state index contributed by atoms with van der Waals surface area (Å²) in [6.45, 7) is 13.2. The number of ether oxygens (including phenoxy) is 4. The zero-order valence-corrected chi connectivity index (χ0v) is 36.4. The van der Waals surface area contributed by atoms with Gasteiger partial charge in [0.1, 0.15) is 48.3 Å². The number of benzene rings is 1. The summed E-state index contributed by atoms with van der Waals surface area (Å²) in [6.07, 6.45) is 5.58. The van der Waals surface area contributed by atoms with Gasteiger partial charge in [-0.15, -0.1) is 6.58 Å². The van der Waals surface area contributed by atoms with E-state index in [1.54, 1.807) is 6.92 Å². The van der Waals surface area contributed by atoms with Crippen molar-refractivity contribution in [3.63, 3.8) is 0 Å². The van der Waals surface area contributed by atoms with Gasteiger partial charge in [0.15, 0.2) is 0 Å². The van der Waals surface area contributed by atoms with Crippen LogP contribution in [-0.2, 0) is 40.3 Å². The number of rotatable bonds is 9. The van der Waals surface area contributed by atoms with Gasteiger partial charge in [0, 0.05) is 30.8 Å². The Kier molecular flexibility index (Phi) is 11.8. The molecule has 0 radical (unpaired) electrons. The Morgan fingerprint density at radius 1 is 1.11 bits per heavy atom. The number of carbonyl (C=O) groups excluding carboxylic acids is 4. The number of aromatic nitrogens is 1. The highest BCUT2D eigenvalue weighted by Gasteiger charge is 2.63. The molecule has 17 heteroatoms. The third-order valence-electron chi connectivity index (χ3n) is 13.3. The summed E-state index contributed by atoms with van der Waals surface area (Å²) >= 11 is 0. The van der Waals surface area contributed by atoms with E-state index in [0.717, 1.165) is 49.6 Å². The summed E-state index contributed by atoms with van der Waals surface area (Å²) in [6, 6.07) is 5.44. The number of fused-ring (bicyclic) bond motifs is 5. The molecule has 3 aliphatic heterocycles. The molecule has 0 spiro atoms. The number of hydrogen-bond donors (Lipinski definition) is 4. The van der Waals surface area contributed by atoms with Crippen molar-refractivity contribution in [3.05, 3.63) is 42.5 Å². The smallest absolute Gasteiger partial charge is 0.408 e. The number of carbonyl (C=O) groups is 4. The van der Waals surface area contributed by atoms with Crippen molar-refractivity contribution >= 4 is 44.7 Å². The van der Waals surface area contributed by atoms with Gasteiger partial charge >= 0.3 is 6.09 Å². The second kappa shape index (κ2) is 16.7. The monoisotopic (exact) mass is 864 g/mol. The zero-order valence-electron chi connectivity index (χ0n) is 35.6. The fraction of sp³-hybridized carbons (Fsp3) is 0.659. The van der Waals surface area contributed by atoms with Gasteiger partial charge in [0.2, 0.25) is 27.7 Å². The number of nitrogens with zero attached hydrogens (tertiary/aromatic N) is 2. The first-order valence-electron chi connectivity index (χ1n) is 21.8. The van der Waals surface area contributed by atoms with Crippen LogP contribution in [0.25, 0.3) is 10.9 Å². The standard InChI is InChI=1S/C44H60N6O10S/c1-6-27-22-44(27,40(53)49-61(55,56)43(5)16-17-43)48-37(51)33-21-28-24-50(33)39(52)36(42(2,3)4)47-41(54)60-34-20-26(34)12-8-7-9-14-31-35(58-25-29-23-45-18-19-57-29)30-13-10-11-15-32(30)46-38(31)59-28/h6,10-11,13,15,26-29,33-34,36,45H,1,7-9,12,14,16-25H2,2-5H3,(H,47,54)(H,48,51)(H,49,53)/t26-,27-,28?,29-,33+,34-,36-,44-/m1/s1. The lowest BCUT2D eigenvalue weighted by Crippen LogP contribution is -2.60. The maximum atomic E-state index is 14.8. The summed E-state index contributed by atoms with van der Waals surface area (Å²) in [5.41, 5.74) is -0.950. The van der Waals surface area contributed by atoms with Crippen LogP contribution in [0.1, 0.15) is 91.0 Å². The Morgan fingerprint density at radius 3 is 2.61 bits per heavy atom. The first-order valence-corrected chi connectivity index (χ1v) is 23.3. The minimum atomic E-state index is -4.02. The van der Waals surface area contributed by atoms with Crippen LogP contribution in [0.2, 0.25) is 0 Å². The Morgan fingerprint density at radius 2 is 1.90 bits per heavy atom. The van der Waals surface area contributed by atoms with Crippen LogP contribution in [0.15, 0.2) is 36.9 Å². The molecule has 2 aromatic rings. The Balaban J connectivity index is 1.14. The molecule has 1 aromatic carbocycles. The molecule has 332 valence electrons. The molecule has 1 aromatic heterocycles. The van der Waals surface area contributed by atoms with Crippen LogP contribution in [0, 0.1) is 17.3 Å². The molecule has 8 rings (SSSR count). The van der Waals surface area contributed by atoms with Crippen molar-refractivity contribution in [1.82, 2.24) is 30.6 Å². The van der Waals surface area contributed by atoms with E-state index in [1.165, 1.54) is 11.0 Å². The van der Waals surface area contributed by atoms with Gasteiger partial charge in [0.25, 0.3) is 5.91 Å². The number of amides is 4. The van der Waals surface area contributed by atoms with Crippen molar-refractivity contribution in [2.75, 3.05) is 32.8 Å². The van der Waals surface area contributed by atoms with Crippen LogP contribution in [0.4, 0.5) is 4.79 Å². The van der Waals surface area contributed by atoms with Crippen molar-refractivity contribution in [3.8, 4) is 11.6 Å². The molecule has 5 fully saturated rings. The average molecular weight is 865 g/mol. The quantitative estimate of drug-likeness (QED) is 0.267. The Bertz CT molecular complexity index is 2170. The third kappa shape index (κ3) is 9.06. The molecule has 2 bridgehead atoms. The van der Waals surface area contributed by atoms with Gasteiger partial charge in [-0.3, -0.25) is 19.1 Å². The molecule has 4 heterocycles. The minimum Gasteiger partial charge on any atom is -0.490 e. The lowest BCUT2D eigenvalue weighted by atomic mass is 9.85. The predicted molar refractivity (Wildman–Crippen MR) is 225 cm³/mol. The largest absolute Gasteiger partial charge is 0.490 e. The van der Waals surface area contributed by atoms with E-state index < -0.39 is 73.6 Å². The molecule has 6 aliphatic rings. The molecule has 4 amide bonds. The van der Waals surface area contributed by atoms with E-state index in [0.29, 0.717) is 56.2 Å². The number of alkyl carbamates (subject to hydrolysis) is 1. The average Bonchev–Trinajstić information content (AvgIpc) is 4.18. The van der Waals surface area contributed by atoms with Gasteiger partial charge < -0.3 is 39.8 Å². The van der Waals surface area contributed by atoms with Gasteiger partial charge in [-0.1, -0.05) is 51.8 Å². The number of pyridine rings is 1. The van der Waals surface area contributed by atoms with Crippen LogP contribution in [0.3, 0.4) is 0 Å². The number of morpholine rings is 1. The second-order valence-electron chi connectivity index (χ2n) is 19.1. The Hall–Kier alpha value is -4.48. The number of sulfonamides is 1. The normalized spacial score (nSPS) is 31.4. The molecular formula is C44H60N6O10S. The molecule has 3 aliphatic carbocycles. The van der Waals surface area contributed by atoms with Gasteiger partial charge in [-0.05, 0) is 75.3 Å². The van der Waals surface area contributed by atoms with Crippen LogP contribution < -0.4 is 30.1 Å². The summed E-state index contributed by atoms with van der Waals surface area (Å²) in [4.78, 5) is 63.0. The fourth-order valence-corrected chi connectivity index (χ4v) is 10.2. The lowest BCUT2D eigenvalue weighted by molar-refractivity contribution is -0.142. The highest BCUT2D eigenvalue weighted by Crippen LogP contribution is 2.47. The summed E-state index contributed by atoms with van der Waals surface area (Å²) in [5, 5.41) is 9.87. The van der Waals surface area contributed by atoms with Crippen LogP contribution >= 0.6 is 0 Å². The summed E-state index contributed by atoms with van der Waals surface area (Å²) in [5.74, 6) is -1.34. The molecule has 3 saturated carbocycles. The molecule has 61 heavy (non-hydrogen) atoms. The molecule has 4 N–H and O–H groups in total. The lowest BCUT2D eigenvalue weighted by Gasteiger charge is -2.35. The maximum absolute atomic E-state index is 14.8. The van der Waals surface area contributed by atoms with Crippen molar-refractivity contribution < 1.29 is 46.5 Å². The predicted octanol–water partition coefficient (Wildman–Crippen LogP) is 3.66. The minimum absolute atomic E-state index is 0.0151. The van der Waals surface area contributed by atoms with Crippen molar-refractivity contribution in [2.24, 2.45) is 17.3 Å². The molecule has 8 atom stereocenters. The van der Waals surface area contributed by atoms with E-state index in [4.69, 9.17) is 23.9 Å². The van der Waals surface area contributed by atoms with Crippen LogP contribution in [0.5, 0.6) is 11.6 Å². The molecule has 16 nitrogen and oxygen atoms in total. The summed E-state index contributed by atoms with van der Waals surface area (Å²) < 4.78 is 52.7. The second-order valence-corrected chi connectivity index (χ2v) is 21.3. The number of nitrogens with one attached hydrogen (secondary N) is 4. The SMILES string of the molecule is C=C[C@@H]1C[C@]1(NC(=O)[C@@H]1CC2CN1C(=O)[C@H](C(C)(C)C)NC(=O)O[C@@H]1C[C@H]1CCCCCc1c(nc3ccccc3c1OC[C@H]1CNCCO1)O2)C(=O)NS(=O)(=O)C1(C)CC1. The zero-order chi connectivity index (χ0) is 43.3. The number of hydrogen-bond acceptors (Lipinski definition) is 12. The van der Waals surface area contributed by atoms with E-state index in [1.807, 2.05) is 45.0 Å². The first kappa shape index (κ1) is 43.2. The van der Waals surface area contributed by atoms with Crippen molar-refractivity contribution in [1.29, 1.82) is 0 Å². The maximum Gasteiger partial charge on any atom is 0.408 e. The number of para-hydroxylation sites is 1. The van der Waals surface area contributed by atoms with Crippen molar-refractivity contribution in [2.45, 2.75) is 133 Å². The third-order valence-corrected chi connectivity index (χ3v) is 15.5. The summed E-state index contributed by atoms with van der Waals surface area (Å²) in [7, 11) is -4.02. The van der Waals surface area contributed by atoms with Crippen LogP contribution in [-0.4, -0.2) is 116 Å². The topological polar surface area (TPSA) is 204 Å². The van der Waals surface area contributed by atoms with E-state index in [2.05, 4.69) is 27.3 Å². The van der Waals surface area contributed by atoms with Gasteiger partial charge in [-0.2, -0.15) is 0 Å². The van der Waals surface area contributed by atoms with E-state index in [9.17, 15) is 27.6 Å². The van der Waals surface area contributed by atoms with Gasteiger partial charge in [0.05, 0.1) is 29.0 Å².